The van der Waals surface area contributed by atoms with E-state index in [2.05, 4.69) is 5.32 Å². The number of nitrogens with zero attached hydrogens (tertiary/aromatic N) is 1. The molecule has 8 heteroatoms. The zero-order chi connectivity index (χ0) is 20.0. The van der Waals surface area contributed by atoms with Gasteiger partial charge >= 0.3 is 0 Å². The molecule has 0 fully saturated rings. The van der Waals surface area contributed by atoms with Crippen LogP contribution in [-0.4, -0.2) is 41.3 Å². The minimum absolute atomic E-state index is 0.282. The highest BCUT2D eigenvalue weighted by Crippen LogP contribution is 2.23. The van der Waals surface area contributed by atoms with Crippen LogP contribution in [-0.2, 0) is 14.8 Å². The Kier molecular flexibility index (Phi) is 6.68. The number of carbonyl (C=O) groups excluding carboxylic acids is 1. The molecule has 1 atom stereocenters. The first-order valence-electron chi connectivity index (χ1n) is 8.29. The minimum Gasteiger partial charge on any atom is -0.497 e. The van der Waals surface area contributed by atoms with Gasteiger partial charge in [-0.15, -0.1) is 0 Å². The molecule has 0 heterocycles. The van der Waals surface area contributed by atoms with Gasteiger partial charge in [-0.05, 0) is 36.8 Å². The number of nitrogens with one attached hydrogen (secondary N) is 1. The Balaban J connectivity index is 2.13. The van der Waals surface area contributed by atoms with Crippen LogP contribution in [0.4, 0.5) is 5.69 Å². The molecule has 0 aliphatic carbocycles. The summed E-state index contributed by atoms with van der Waals surface area (Å²) in [5.74, 6) is 0.818. The second-order valence-corrected chi connectivity index (χ2v) is 7.94. The lowest BCUT2D eigenvalue weighted by Crippen LogP contribution is -2.41. The van der Waals surface area contributed by atoms with Gasteiger partial charge in [0, 0.05) is 6.07 Å². The monoisotopic (exact) mass is 392 g/mol. The number of hydrogen-bond donors (Lipinski definition) is 1. The molecule has 0 saturated heterocycles. The van der Waals surface area contributed by atoms with Gasteiger partial charge in [-0.3, -0.25) is 9.10 Å². The normalized spacial score (nSPS) is 12.1. The molecule has 27 heavy (non-hydrogen) atoms. The van der Waals surface area contributed by atoms with Gasteiger partial charge in [-0.2, -0.15) is 0 Å². The smallest absolute Gasteiger partial charge is 0.241 e. The van der Waals surface area contributed by atoms with Crippen LogP contribution < -0.4 is 19.1 Å². The number of anilines is 1. The third-order valence-corrected chi connectivity index (χ3v) is 5.16. The quantitative estimate of drug-likeness (QED) is 0.745. The first-order valence-corrected chi connectivity index (χ1v) is 10.1. The number of amides is 1. The molecule has 0 aromatic heterocycles. The minimum atomic E-state index is -3.65. The Labute approximate surface area is 160 Å². The molecule has 0 bridgehead atoms. The predicted octanol–water partition coefficient (Wildman–Crippen LogP) is 2.35. The van der Waals surface area contributed by atoms with Crippen molar-refractivity contribution in [3.63, 3.8) is 0 Å². The number of benzene rings is 2. The predicted molar refractivity (Wildman–Crippen MR) is 105 cm³/mol. The van der Waals surface area contributed by atoms with Gasteiger partial charge in [-0.25, -0.2) is 8.42 Å². The Morgan fingerprint density at radius 1 is 1.07 bits per heavy atom. The average molecular weight is 392 g/mol. The zero-order valence-corrected chi connectivity index (χ0v) is 16.6. The van der Waals surface area contributed by atoms with Crippen LogP contribution in [0.25, 0.3) is 0 Å². The van der Waals surface area contributed by atoms with Crippen LogP contribution in [0, 0.1) is 0 Å². The second-order valence-electron chi connectivity index (χ2n) is 6.03. The molecule has 1 unspecified atom stereocenters. The van der Waals surface area contributed by atoms with E-state index in [4.69, 9.17) is 9.47 Å². The molecular formula is C19H24N2O5S. The summed E-state index contributed by atoms with van der Waals surface area (Å²) in [4.78, 5) is 12.5. The van der Waals surface area contributed by atoms with E-state index in [1.165, 1.54) is 7.11 Å². The van der Waals surface area contributed by atoms with E-state index >= 15 is 0 Å². The standard InChI is InChI=1S/C19H24N2O5S/c1-14(15-8-10-17(25-2)11-9-15)20-19(22)13-21(27(4,23)24)16-6-5-7-18(12-16)26-3/h5-12,14H,13H2,1-4H3,(H,20,22). The third-order valence-electron chi connectivity index (χ3n) is 4.02. The van der Waals surface area contributed by atoms with E-state index in [0.29, 0.717) is 11.4 Å². The molecule has 0 spiro atoms. The van der Waals surface area contributed by atoms with E-state index in [9.17, 15) is 13.2 Å². The van der Waals surface area contributed by atoms with Gasteiger partial charge in [0.1, 0.15) is 18.0 Å². The van der Waals surface area contributed by atoms with Crippen molar-refractivity contribution in [3.05, 3.63) is 54.1 Å². The molecule has 146 valence electrons. The lowest BCUT2D eigenvalue weighted by molar-refractivity contribution is -0.120. The van der Waals surface area contributed by atoms with E-state index < -0.39 is 15.9 Å². The van der Waals surface area contributed by atoms with Gasteiger partial charge < -0.3 is 14.8 Å². The summed E-state index contributed by atoms with van der Waals surface area (Å²) in [5.41, 5.74) is 1.25. The molecule has 0 saturated carbocycles. The Morgan fingerprint density at radius 3 is 2.26 bits per heavy atom. The average Bonchev–Trinajstić information content (AvgIpc) is 2.65. The molecule has 0 aliphatic rings. The number of ether oxygens (including phenoxy) is 2. The van der Waals surface area contributed by atoms with Crippen molar-refractivity contribution in [3.8, 4) is 11.5 Å². The van der Waals surface area contributed by atoms with Crippen molar-refractivity contribution in [1.29, 1.82) is 0 Å². The van der Waals surface area contributed by atoms with E-state index in [1.807, 2.05) is 19.1 Å². The van der Waals surface area contributed by atoms with Crippen molar-refractivity contribution < 1.29 is 22.7 Å². The third kappa shape index (κ3) is 5.62. The molecule has 1 amide bonds. The second kappa shape index (κ2) is 8.77. The van der Waals surface area contributed by atoms with Crippen LogP contribution in [0.1, 0.15) is 18.5 Å². The van der Waals surface area contributed by atoms with Crippen molar-refractivity contribution >= 4 is 21.6 Å². The maximum absolute atomic E-state index is 12.5. The van der Waals surface area contributed by atoms with Gasteiger partial charge in [0.25, 0.3) is 0 Å². The van der Waals surface area contributed by atoms with Gasteiger partial charge in [0.15, 0.2) is 0 Å². The number of rotatable bonds is 8. The summed E-state index contributed by atoms with van der Waals surface area (Å²) >= 11 is 0. The van der Waals surface area contributed by atoms with Crippen LogP contribution in [0.15, 0.2) is 48.5 Å². The summed E-state index contributed by atoms with van der Waals surface area (Å²) in [6.45, 7) is 1.50. The maximum atomic E-state index is 12.5. The molecule has 0 radical (unpaired) electrons. The number of methoxy groups -OCH3 is 2. The Hall–Kier alpha value is -2.74. The maximum Gasteiger partial charge on any atom is 0.241 e. The molecule has 2 aromatic rings. The van der Waals surface area contributed by atoms with Crippen molar-refractivity contribution in [2.75, 3.05) is 31.3 Å². The largest absolute Gasteiger partial charge is 0.497 e. The summed E-state index contributed by atoms with van der Waals surface area (Å²) in [6, 6.07) is 13.6. The van der Waals surface area contributed by atoms with Crippen molar-refractivity contribution in [2.45, 2.75) is 13.0 Å². The van der Waals surface area contributed by atoms with Crippen molar-refractivity contribution in [1.82, 2.24) is 5.32 Å². The van der Waals surface area contributed by atoms with Crippen LogP contribution in [0.3, 0.4) is 0 Å². The highest BCUT2D eigenvalue weighted by atomic mass is 32.2. The van der Waals surface area contributed by atoms with Crippen LogP contribution in [0.2, 0.25) is 0 Å². The molecular weight excluding hydrogens is 368 g/mol. The van der Waals surface area contributed by atoms with Gasteiger partial charge in [0.05, 0.1) is 32.2 Å². The van der Waals surface area contributed by atoms with Gasteiger partial charge in [0.2, 0.25) is 15.9 Å². The Morgan fingerprint density at radius 2 is 1.70 bits per heavy atom. The number of sulfonamides is 1. The summed E-state index contributed by atoms with van der Waals surface area (Å²) in [7, 11) is -0.572. The summed E-state index contributed by atoms with van der Waals surface area (Å²) in [6.07, 6.45) is 1.06. The van der Waals surface area contributed by atoms with Crippen molar-refractivity contribution in [2.24, 2.45) is 0 Å². The number of carbonyl (C=O) groups is 1. The molecule has 2 aromatic carbocycles. The van der Waals surface area contributed by atoms with Gasteiger partial charge in [-0.1, -0.05) is 18.2 Å². The van der Waals surface area contributed by atoms with E-state index in [0.717, 1.165) is 21.9 Å². The van der Waals surface area contributed by atoms with Crippen LogP contribution in [0.5, 0.6) is 11.5 Å². The molecule has 2 rings (SSSR count). The lowest BCUT2D eigenvalue weighted by Gasteiger charge is -2.23. The van der Waals surface area contributed by atoms with Crippen LogP contribution >= 0.6 is 0 Å². The fraction of sp³-hybridized carbons (Fsp3) is 0.316. The topological polar surface area (TPSA) is 84.9 Å². The summed E-state index contributed by atoms with van der Waals surface area (Å²) < 4.78 is 35.7. The number of hydrogen-bond acceptors (Lipinski definition) is 5. The fourth-order valence-electron chi connectivity index (χ4n) is 2.56. The SMILES string of the molecule is COc1ccc(C(C)NC(=O)CN(c2cccc(OC)c2)S(C)(=O)=O)cc1. The first kappa shape index (κ1) is 20.6. The highest BCUT2D eigenvalue weighted by Gasteiger charge is 2.22. The van der Waals surface area contributed by atoms with E-state index in [-0.39, 0.29) is 12.6 Å². The Bertz CT molecular complexity index is 881. The molecule has 7 nitrogen and oxygen atoms in total. The first-order chi connectivity index (χ1) is 12.7. The zero-order valence-electron chi connectivity index (χ0n) is 15.8. The highest BCUT2D eigenvalue weighted by molar-refractivity contribution is 7.92. The van der Waals surface area contributed by atoms with E-state index in [1.54, 1.807) is 43.5 Å². The summed E-state index contributed by atoms with van der Waals surface area (Å²) in [5, 5.41) is 2.82. The molecule has 1 N–H and O–H groups in total. The molecule has 0 aliphatic heterocycles. The fourth-order valence-corrected chi connectivity index (χ4v) is 3.41. The lowest BCUT2D eigenvalue weighted by atomic mass is 10.1.